The Morgan fingerprint density at radius 1 is 1.57 bits per heavy atom. The summed E-state index contributed by atoms with van der Waals surface area (Å²) in [5, 5.41) is 14.3. The Morgan fingerprint density at radius 3 is 3.07 bits per heavy atom. The van der Waals surface area contributed by atoms with Gasteiger partial charge in [-0.2, -0.15) is 9.89 Å². The molecule has 4 N–H and O–H groups in total. The molecule has 2 rings (SSSR count). The summed E-state index contributed by atoms with van der Waals surface area (Å²) in [5.41, 5.74) is 9.86. The second kappa shape index (κ2) is 3.10. The average Bonchev–Trinajstić information content (AvgIpc) is 2.51. The maximum Gasteiger partial charge on any atom is 0.139 e. The van der Waals surface area contributed by atoms with E-state index in [0.717, 1.165) is 17.4 Å². The van der Waals surface area contributed by atoms with Crippen molar-refractivity contribution in [3.05, 3.63) is 18.3 Å². The van der Waals surface area contributed by atoms with Crippen LogP contribution in [0.1, 0.15) is 6.92 Å². The van der Waals surface area contributed by atoms with Crippen LogP contribution in [0.15, 0.2) is 18.3 Å². The van der Waals surface area contributed by atoms with Gasteiger partial charge >= 0.3 is 0 Å². The highest BCUT2D eigenvalue weighted by Crippen LogP contribution is 2.25. The molecule has 0 amide bonds. The van der Waals surface area contributed by atoms with Crippen molar-refractivity contribution in [1.29, 1.82) is 0 Å². The lowest BCUT2D eigenvalue weighted by Crippen LogP contribution is -2.14. The molecule has 0 atom stereocenters. The summed E-state index contributed by atoms with van der Waals surface area (Å²) < 4.78 is 0. The van der Waals surface area contributed by atoms with Gasteiger partial charge in [0.25, 0.3) is 0 Å². The highest BCUT2D eigenvalue weighted by molar-refractivity contribution is 5.85. The van der Waals surface area contributed by atoms with Crippen LogP contribution in [0, 0.1) is 0 Å². The Bertz CT molecular complexity index is 463. The topological polar surface area (TPSA) is 76.1 Å². The molecule has 0 saturated carbocycles. The minimum absolute atomic E-state index is 0.0912. The maximum absolute atomic E-state index is 9.37. The van der Waals surface area contributed by atoms with Crippen LogP contribution in [0.2, 0.25) is 0 Å². The lowest BCUT2D eigenvalue weighted by molar-refractivity contribution is 0.479. The highest BCUT2D eigenvalue weighted by Gasteiger charge is 2.05. The third kappa shape index (κ3) is 1.22. The van der Waals surface area contributed by atoms with E-state index < -0.39 is 0 Å². The van der Waals surface area contributed by atoms with Crippen LogP contribution in [-0.2, 0) is 0 Å². The fourth-order valence-electron chi connectivity index (χ4n) is 1.35. The molecule has 0 unspecified atom stereocenters. The Morgan fingerprint density at radius 2 is 2.36 bits per heavy atom. The van der Waals surface area contributed by atoms with Gasteiger partial charge in [0.05, 0.1) is 17.4 Å². The first kappa shape index (κ1) is 8.68. The largest absolute Gasteiger partial charge is 0.506 e. The molecular formula is C9H12N4O. The summed E-state index contributed by atoms with van der Waals surface area (Å²) in [4.78, 5) is 1.64. The predicted molar refractivity (Wildman–Crippen MR) is 55.7 cm³/mol. The Labute approximate surface area is 81.1 Å². The van der Waals surface area contributed by atoms with Crippen molar-refractivity contribution in [1.82, 2.24) is 9.89 Å². The van der Waals surface area contributed by atoms with E-state index >= 15 is 0 Å². The van der Waals surface area contributed by atoms with Gasteiger partial charge < -0.3 is 16.3 Å². The zero-order chi connectivity index (χ0) is 10.1. The zero-order valence-corrected chi connectivity index (χ0v) is 7.86. The summed E-state index contributed by atoms with van der Waals surface area (Å²) in [5.74, 6) is 0.0912. The summed E-state index contributed by atoms with van der Waals surface area (Å²) >= 11 is 0. The molecule has 5 heteroatoms. The lowest BCUT2D eigenvalue weighted by atomic mass is 10.2. The molecule has 0 aliphatic heterocycles. The number of anilines is 1. The number of benzene rings is 1. The molecule has 74 valence electrons. The summed E-state index contributed by atoms with van der Waals surface area (Å²) in [6, 6.07) is 3.30. The Kier molecular flexibility index (Phi) is 1.92. The number of phenols is 1. The van der Waals surface area contributed by atoms with Crippen molar-refractivity contribution in [2.45, 2.75) is 6.92 Å². The molecule has 0 bridgehead atoms. The number of rotatable bonds is 2. The zero-order valence-electron chi connectivity index (χ0n) is 7.86. The van der Waals surface area contributed by atoms with Gasteiger partial charge in [-0.3, -0.25) is 0 Å². The van der Waals surface area contributed by atoms with Gasteiger partial charge in [-0.05, 0) is 19.1 Å². The number of nitrogens with two attached hydrogens (primary N) is 1. The van der Waals surface area contributed by atoms with E-state index in [1.807, 2.05) is 6.92 Å². The van der Waals surface area contributed by atoms with Crippen molar-refractivity contribution < 1.29 is 5.11 Å². The minimum Gasteiger partial charge on any atom is -0.506 e. The van der Waals surface area contributed by atoms with E-state index in [0.29, 0.717) is 5.69 Å². The number of hydrogen-bond acceptors (Lipinski definition) is 4. The van der Waals surface area contributed by atoms with Crippen molar-refractivity contribution in [3.8, 4) is 5.75 Å². The molecule has 5 nitrogen and oxygen atoms in total. The van der Waals surface area contributed by atoms with Gasteiger partial charge in [0.15, 0.2) is 0 Å². The second-order valence-electron chi connectivity index (χ2n) is 3.04. The SMILES string of the molecule is CCNn1ncc2cc(O)c(N)cc21. The third-order valence-corrected chi connectivity index (χ3v) is 2.02. The van der Waals surface area contributed by atoms with E-state index in [2.05, 4.69) is 10.5 Å². The van der Waals surface area contributed by atoms with Gasteiger partial charge in [-0.1, -0.05) is 0 Å². The normalized spacial score (nSPS) is 10.6. The number of nitrogen functional groups attached to an aromatic ring is 1. The number of nitrogens with zero attached hydrogens (tertiary/aromatic N) is 2. The Balaban J connectivity index is 2.61. The first-order valence-corrected chi connectivity index (χ1v) is 4.42. The van der Waals surface area contributed by atoms with Crippen LogP contribution in [0.5, 0.6) is 5.75 Å². The molecular weight excluding hydrogens is 180 g/mol. The predicted octanol–water partition coefficient (Wildman–Crippen LogP) is 0.887. The molecule has 0 aliphatic carbocycles. The molecule has 0 saturated heterocycles. The number of fused-ring (bicyclic) bond motifs is 1. The second-order valence-corrected chi connectivity index (χ2v) is 3.04. The third-order valence-electron chi connectivity index (χ3n) is 2.02. The summed E-state index contributed by atoms with van der Waals surface area (Å²) in [7, 11) is 0. The van der Waals surface area contributed by atoms with Crippen molar-refractivity contribution in [2.75, 3.05) is 17.7 Å². The summed E-state index contributed by atoms with van der Waals surface area (Å²) in [6.07, 6.45) is 1.68. The van der Waals surface area contributed by atoms with Gasteiger partial charge in [-0.15, -0.1) is 0 Å². The van der Waals surface area contributed by atoms with Crippen molar-refractivity contribution >= 4 is 16.6 Å². The molecule has 0 aliphatic rings. The number of hydrogen-bond donors (Lipinski definition) is 3. The molecule has 0 spiro atoms. The summed E-state index contributed by atoms with van der Waals surface area (Å²) in [6.45, 7) is 2.76. The minimum atomic E-state index is 0.0912. The van der Waals surface area contributed by atoms with Crippen LogP contribution in [-0.4, -0.2) is 21.5 Å². The molecule has 1 heterocycles. The lowest BCUT2D eigenvalue weighted by Gasteiger charge is -2.04. The first-order valence-electron chi connectivity index (χ1n) is 4.42. The van der Waals surface area contributed by atoms with Gasteiger partial charge in [0.2, 0.25) is 0 Å². The van der Waals surface area contributed by atoms with Crippen LogP contribution >= 0.6 is 0 Å². The fourth-order valence-corrected chi connectivity index (χ4v) is 1.35. The standard InChI is InChI=1S/C9H12N4O/c1-2-11-13-8-4-7(10)9(14)3-6(8)5-12-13/h3-5,11,14H,2,10H2,1H3. The van der Waals surface area contributed by atoms with E-state index in [-0.39, 0.29) is 5.75 Å². The van der Waals surface area contributed by atoms with Gasteiger partial charge in [0.1, 0.15) is 5.75 Å². The molecule has 0 fully saturated rings. The smallest absolute Gasteiger partial charge is 0.139 e. The van der Waals surface area contributed by atoms with E-state index in [9.17, 15) is 5.11 Å². The fraction of sp³-hybridized carbons (Fsp3) is 0.222. The van der Waals surface area contributed by atoms with Crippen LogP contribution in [0.4, 0.5) is 5.69 Å². The number of aromatic nitrogens is 2. The van der Waals surface area contributed by atoms with Crippen molar-refractivity contribution in [3.63, 3.8) is 0 Å². The van der Waals surface area contributed by atoms with E-state index in [1.165, 1.54) is 0 Å². The number of phenolic OH excluding ortho intramolecular Hbond substituents is 1. The number of nitrogens with one attached hydrogen (secondary N) is 1. The monoisotopic (exact) mass is 192 g/mol. The van der Waals surface area contributed by atoms with Crippen LogP contribution in [0.25, 0.3) is 10.9 Å². The molecule has 1 aromatic carbocycles. The van der Waals surface area contributed by atoms with Gasteiger partial charge in [0, 0.05) is 11.9 Å². The van der Waals surface area contributed by atoms with Crippen LogP contribution < -0.4 is 11.2 Å². The molecule has 0 radical (unpaired) electrons. The number of aromatic hydroxyl groups is 1. The average molecular weight is 192 g/mol. The first-order chi connectivity index (χ1) is 6.72. The molecule has 14 heavy (non-hydrogen) atoms. The Hall–Kier alpha value is -1.91. The maximum atomic E-state index is 9.37. The van der Waals surface area contributed by atoms with Gasteiger partial charge in [-0.25, -0.2) is 0 Å². The van der Waals surface area contributed by atoms with Crippen molar-refractivity contribution in [2.24, 2.45) is 0 Å². The van der Waals surface area contributed by atoms with E-state index in [1.54, 1.807) is 23.1 Å². The van der Waals surface area contributed by atoms with E-state index in [4.69, 9.17) is 5.73 Å². The molecule has 2 aromatic rings. The quantitative estimate of drug-likeness (QED) is 0.488. The van der Waals surface area contributed by atoms with Crippen LogP contribution in [0.3, 0.4) is 0 Å². The highest BCUT2D eigenvalue weighted by atomic mass is 16.3. The molecule has 1 aromatic heterocycles.